The molecule has 112 valence electrons. The first-order valence-electron chi connectivity index (χ1n) is 7.21. The lowest BCUT2D eigenvalue weighted by molar-refractivity contribution is -0.146. The number of imide groups is 1. The topological polar surface area (TPSA) is 55.4 Å². The molecule has 0 aliphatic carbocycles. The minimum absolute atomic E-state index is 0.0760. The Morgan fingerprint density at radius 2 is 2.19 bits per heavy atom. The van der Waals surface area contributed by atoms with E-state index >= 15 is 0 Å². The molecule has 0 aromatic heterocycles. The number of nitrogens with one attached hydrogen (secondary N) is 1. The van der Waals surface area contributed by atoms with Gasteiger partial charge >= 0.3 is 0 Å². The second-order valence-electron chi connectivity index (χ2n) is 6.08. The first kappa shape index (κ1) is 14.7. The first-order chi connectivity index (χ1) is 10.00. The van der Waals surface area contributed by atoms with Gasteiger partial charge in [-0.1, -0.05) is 28.1 Å². The lowest BCUT2D eigenvalue weighted by atomic mass is 9.62. The van der Waals surface area contributed by atoms with E-state index in [4.69, 9.17) is 4.74 Å². The fraction of sp³-hybridized carbons (Fsp3) is 0.500. The molecule has 0 bridgehead atoms. The molecular formula is C16H18BrNO3. The van der Waals surface area contributed by atoms with Crippen molar-refractivity contribution in [3.63, 3.8) is 0 Å². The van der Waals surface area contributed by atoms with E-state index in [1.807, 2.05) is 31.2 Å². The van der Waals surface area contributed by atoms with Gasteiger partial charge < -0.3 is 4.74 Å². The Labute approximate surface area is 132 Å². The van der Waals surface area contributed by atoms with Crippen molar-refractivity contribution in [2.75, 3.05) is 6.61 Å². The average Bonchev–Trinajstić information content (AvgIpc) is 2.37. The third-order valence-electron chi connectivity index (χ3n) is 4.53. The highest BCUT2D eigenvalue weighted by molar-refractivity contribution is 9.10. The Balaban J connectivity index is 2.04. The zero-order valence-corrected chi connectivity index (χ0v) is 13.5. The number of carbonyl (C=O) groups excluding carboxylic acids is 2. The van der Waals surface area contributed by atoms with Gasteiger partial charge in [-0.3, -0.25) is 14.9 Å². The summed E-state index contributed by atoms with van der Waals surface area (Å²) in [6.07, 6.45) is 1.95. The van der Waals surface area contributed by atoms with E-state index in [-0.39, 0.29) is 29.3 Å². The van der Waals surface area contributed by atoms with Crippen molar-refractivity contribution in [3.8, 4) is 0 Å². The average molecular weight is 352 g/mol. The second-order valence-corrected chi connectivity index (χ2v) is 6.99. The summed E-state index contributed by atoms with van der Waals surface area (Å²) in [6.45, 7) is 2.61. The number of benzene rings is 1. The van der Waals surface area contributed by atoms with Crippen LogP contribution >= 0.6 is 15.9 Å². The van der Waals surface area contributed by atoms with E-state index in [0.717, 1.165) is 22.9 Å². The van der Waals surface area contributed by atoms with Crippen molar-refractivity contribution >= 4 is 27.7 Å². The van der Waals surface area contributed by atoms with Crippen LogP contribution in [0.1, 0.15) is 37.7 Å². The molecule has 1 aromatic rings. The zero-order valence-electron chi connectivity index (χ0n) is 11.9. The van der Waals surface area contributed by atoms with Crippen molar-refractivity contribution in [3.05, 3.63) is 34.3 Å². The summed E-state index contributed by atoms with van der Waals surface area (Å²) in [5.41, 5.74) is 0.640. The first-order valence-corrected chi connectivity index (χ1v) is 8.00. The summed E-state index contributed by atoms with van der Waals surface area (Å²) in [6, 6.07) is 7.81. The Morgan fingerprint density at radius 3 is 2.90 bits per heavy atom. The normalized spacial score (nSPS) is 33.0. The predicted molar refractivity (Wildman–Crippen MR) is 81.7 cm³/mol. The maximum absolute atomic E-state index is 12.5. The number of hydrogen-bond donors (Lipinski definition) is 1. The molecule has 4 nitrogen and oxygen atoms in total. The van der Waals surface area contributed by atoms with Crippen LogP contribution in [0.5, 0.6) is 0 Å². The van der Waals surface area contributed by atoms with E-state index < -0.39 is 0 Å². The summed E-state index contributed by atoms with van der Waals surface area (Å²) in [4.78, 5) is 24.4. The molecule has 1 aromatic carbocycles. The van der Waals surface area contributed by atoms with E-state index in [9.17, 15) is 9.59 Å². The van der Waals surface area contributed by atoms with Gasteiger partial charge in [0.15, 0.2) is 0 Å². The second kappa shape index (κ2) is 5.54. The molecule has 0 saturated carbocycles. The summed E-state index contributed by atoms with van der Waals surface area (Å²) >= 11 is 3.46. The van der Waals surface area contributed by atoms with Crippen LogP contribution in [-0.2, 0) is 14.3 Å². The molecule has 1 N–H and O–H groups in total. The summed E-state index contributed by atoms with van der Waals surface area (Å²) in [5.74, 6) is -0.641. The maximum Gasteiger partial charge on any atom is 0.234 e. The SMILES string of the molecule is CC1CC2(CCO1)CC(=O)NC(=O)C2c1cccc(Br)c1. The van der Waals surface area contributed by atoms with E-state index in [1.54, 1.807) is 0 Å². The summed E-state index contributed by atoms with van der Waals surface area (Å²) in [7, 11) is 0. The van der Waals surface area contributed by atoms with Gasteiger partial charge in [-0.2, -0.15) is 0 Å². The van der Waals surface area contributed by atoms with Gasteiger partial charge in [-0.15, -0.1) is 0 Å². The number of hydrogen-bond acceptors (Lipinski definition) is 3. The van der Waals surface area contributed by atoms with Crippen LogP contribution in [-0.4, -0.2) is 24.5 Å². The highest BCUT2D eigenvalue weighted by atomic mass is 79.9. The lowest BCUT2D eigenvalue weighted by Gasteiger charge is -2.47. The number of halogens is 1. The van der Waals surface area contributed by atoms with Crippen LogP contribution in [0.4, 0.5) is 0 Å². The van der Waals surface area contributed by atoms with Crippen LogP contribution in [0.3, 0.4) is 0 Å². The Kier molecular flexibility index (Phi) is 3.88. The van der Waals surface area contributed by atoms with Crippen LogP contribution in [0.25, 0.3) is 0 Å². The van der Waals surface area contributed by atoms with E-state index in [0.29, 0.717) is 13.0 Å². The molecule has 3 rings (SSSR count). The van der Waals surface area contributed by atoms with Gasteiger partial charge in [0.05, 0.1) is 12.0 Å². The number of amides is 2. The van der Waals surface area contributed by atoms with Crippen molar-refractivity contribution < 1.29 is 14.3 Å². The third kappa shape index (κ3) is 2.77. The van der Waals surface area contributed by atoms with Crippen LogP contribution in [0, 0.1) is 5.41 Å². The molecule has 1 spiro atoms. The van der Waals surface area contributed by atoms with Gasteiger partial charge in [0.2, 0.25) is 11.8 Å². The van der Waals surface area contributed by atoms with Crippen molar-refractivity contribution in [2.24, 2.45) is 5.41 Å². The summed E-state index contributed by atoms with van der Waals surface area (Å²) in [5, 5.41) is 2.50. The molecule has 2 aliphatic heterocycles. The Bertz CT molecular complexity index is 589. The number of piperidine rings is 1. The monoisotopic (exact) mass is 351 g/mol. The molecule has 5 heteroatoms. The van der Waals surface area contributed by atoms with Crippen LogP contribution < -0.4 is 5.32 Å². The molecule has 0 radical (unpaired) electrons. The minimum atomic E-state index is -0.322. The largest absolute Gasteiger partial charge is 0.378 e. The molecule has 2 heterocycles. The minimum Gasteiger partial charge on any atom is -0.378 e. The molecule has 2 amide bonds. The third-order valence-corrected chi connectivity index (χ3v) is 5.02. The Morgan fingerprint density at radius 1 is 1.38 bits per heavy atom. The van der Waals surface area contributed by atoms with Crippen molar-refractivity contribution in [2.45, 2.75) is 38.2 Å². The van der Waals surface area contributed by atoms with Crippen molar-refractivity contribution in [1.29, 1.82) is 0 Å². The van der Waals surface area contributed by atoms with E-state index in [2.05, 4.69) is 21.2 Å². The fourth-order valence-electron chi connectivity index (χ4n) is 3.76. The molecule has 2 aliphatic rings. The highest BCUT2D eigenvalue weighted by Gasteiger charge is 2.51. The molecule has 2 saturated heterocycles. The quantitative estimate of drug-likeness (QED) is 0.791. The Hall–Kier alpha value is -1.20. The molecular weight excluding hydrogens is 334 g/mol. The molecule has 2 fully saturated rings. The molecule has 3 unspecified atom stereocenters. The van der Waals surface area contributed by atoms with Crippen LogP contribution in [0.15, 0.2) is 28.7 Å². The lowest BCUT2D eigenvalue weighted by Crippen LogP contribution is -2.53. The highest BCUT2D eigenvalue weighted by Crippen LogP contribution is 2.50. The zero-order chi connectivity index (χ0) is 15.0. The van der Waals surface area contributed by atoms with E-state index in [1.165, 1.54) is 0 Å². The molecule has 21 heavy (non-hydrogen) atoms. The van der Waals surface area contributed by atoms with Gasteiger partial charge in [0.1, 0.15) is 0 Å². The number of rotatable bonds is 1. The summed E-state index contributed by atoms with van der Waals surface area (Å²) < 4.78 is 6.58. The predicted octanol–water partition coefficient (Wildman–Crippen LogP) is 2.76. The van der Waals surface area contributed by atoms with Gasteiger partial charge in [0, 0.05) is 17.5 Å². The fourth-order valence-corrected chi connectivity index (χ4v) is 4.18. The standard InChI is InChI=1S/C16H18BrNO3/c1-10-8-16(5-6-21-10)9-13(19)18-15(20)14(16)11-3-2-4-12(17)7-11/h2-4,7,10,14H,5-6,8-9H2,1H3,(H,18,19,20). The van der Waals surface area contributed by atoms with Crippen LogP contribution in [0.2, 0.25) is 0 Å². The van der Waals surface area contributed by atoms with Gasteiger partial charge in [-0.05, 0) is 42.9 Å². The van der Waals surface area contributed by atoms with Gasteiger partial charge in [0.25, 0.3) is 0 Å². The number of carbonyl (C=O) groups is 2. The molecule has 3 atom stereocenters. The maximum atomic E-state index is 12.5. The van der Waals surface area contributed by atoms with Crippen molar-refractivity contribution in [1.82, 2.24) is 5.32 Å². The number of ether oxygens (including phenoxy) is 1. The van der Waals surface area contributed by atoms with Gasteiger partial charge in [-0.25, -0.2) is 0 Å². The smallest absolute Gasteiger partial charge is 0.234 e.